The Kier molecular flexibility index (Phi) is 3.17. The van der Waals surface area contributed by atoms with Crippen LogP contribution in [0.4, 0.5) is 0 Å². The summed E-state index contributed by atoms with van der Waals surface area (Å²) in [6.45, 7) is 0. The van der Waals surface area contributed by atoms with Crippen LogP contribution in [-0.4, -0.2) is 14.6 Å². The van der Waals surface area contributed by atoms with Crippen LogP contribution in [0.5, 0.6) is 0 Å². The molecule has 0 amide bonds. The van der Waals surface area contributed by atoms with E-state index in [0.717, 1.165) is 0 Å². The van der Waals surface area contributed by atoms with Crippen LogP contribution < -0.4 is 0 Å². The van der Waals surface area contributed by atoms with Crippen molar-refractivity contribution in [3.8, 4) is 0 Å². The van der Waals surface area contributed by atoms with Gasteiger partial charge in [0, 0.05) is 0 Å². The van der Waals surface area contributed by atoms with Gasteiger partial charge in [0.2, 0.25) is 0 Å². The Morgan fingerprint density at radius 2 is 1.38 bits per heavy atom. The Balaban J connectivity index is 2.00. The molecule has 0 unspecified atom stereocenters. The summed E-state index contributed by atoms with van der Waals surface area (Å²) < 4.78 is 0. The summed E-state index contributed by atoms with van der Waals surface area (Å²) in [7, 11) is 4.78. The first-order valence-electron chi connectivity index (χ1n) is 3.63. The summed E-state index contributed by atoms with van der Waals surface area (Å²) in [5.41, 5.74) is 0. The molecule has 2 heteroatoms. The van der Waals surface area contributed by atoms with Crippen molar-refractivity contribution in [1.29, 1.82) is 0 Å². The zero-order valence-electron chi connectivity index (χ0n) is 5.40. The predicted octanol–water partition coefficient (Wildman–Crippen LogP) is 1.79. The van der Waals surface area contributed by atoms with E-state index < -0.39 is 0 Å². The van der Waals surface area contributed by atoms with Crippen molar-refractivity contribution in [2.75, 3.05) is 0 Å². The lowest BCUT2D eigenvalue weighted by atomic mass is 9.50. The minimum absolute atomic E-state index is 1.25. The maximum absolute atomic E-state index is 2.39. The van der Waals surface area contributed by atoms with Gasteiger partial charge in [-0.25, -0.2) is 0 Å². The van der Waals surface area contributed by atoms with E-state index >= 15 is 0 Å². The molecule has 0 nitrogen and oxygen atoms in total. The van der Waals surface area contributed by atoms with E-state index in [1.807, 2.05) is 0 Å². The topological polar surface area (TPSA) is 0 Å². The van der Waals surface area contributed by atoms with Gasteiger partial charge in [0.05, 0.1) is 0 Å². The monoisotopic (exact) mass is 106 g/mol. The van der Waals surface area contributed by atoms with E-state index in [-0.39, 0.29) is 0 Å². The quantitative estimate of drug-likeness (QED) is 0.413. The number of hydrogen-bond donors (Lipinski definition) is 0. The molecule has 1 rings (SSSR count). The maximum Gasteiger partial charge on any atom is 0.100 e. The number of rotatable bonds is 0. The van der Waals surface area contributed by atoms with Gasteiger partial charge in [-0.15, -0.1) is 6.22 Å². The molecule has 1 heterocycles. The smallest absolute Gasteiger partial charge is 0.100 e. The van der Waals surface area contributed by atoms with Crippen LogP contribution in [0.1, 0.15) is 19.3 Å². The third kappa shape index (κ3) is 2.44. The second-order valence-corrected chi connectivity index (χ2v) is 2.45. The molecule has 0 aromatic rings. The molecule has 1 aliphatic rings. The molecular weight excluding hydrogens is 93.7 g/mol. The lowest BCUT2D eigenvalue weighted by molar-refractivity contribution is 0.761. The SMILES string of the molecule is [B]1C[B]CCCCC1. The normalized spacial score (nSPS) is 22.0. The van der Waals surface area contributed by atoms with E-state index in [9.17, 15) is 0 Å². The molecule has 0 bridgehead atoms. The molecule has 1 fully saturated rings. The van der Waals surface area contributed by atoms with Gasteiger partial charge in [-0.2, -0.15) is 0 Å². The molecule has 42 valence electrons. The molecule has 0 aromatic heterocycles. The first-order valence-corrected chi connectivity index (χ1v) is 3.63. The standard InChI is InChI=1S/C6H12B2/c1-2-4-7-6-8-5-3-1/h1-6H2. The van der Waals surface area contributed by atoms with Gasteiger partial charge >= 0.3 is 0 Å². The van der Waals surface area contributed by atoms with Crippen molar-refractivity contribution in [2.24, 2.45) is 0 Å². The van der Waals surface area contributed by atoms with Crippen molar-refractivity contribution in [2.45, 2.75) is 38.1 Å². The Labute approximate surface area is 53.5 Å². The lowest BCUT2D eigenvalue weighted by Gasteiger charge is -2.03. The highest BCUT2D eigenvalue weighted by molar-refractivity contribution is 6.55. The van der Waals surface area contributed by atoms with Crippen LogP contribution >= 0.6 is 0 Å². The zero-order valence-corrected chi connectivity index (χ0v) is 5.40. The van der Waals surface area contributed by atoms with Crippen LogP contribution in [-0.2, 0) is 0 Å². The summed E-state index contributed by atoms with van der Waals surface area (Å²) in [4.78, 5) is 0. The highest BCUT2D eigenvalue weighted by Gasteiger charge is 1.98. The van der Waals surface area contributed by atoms with Crippen molar-refractivity contribution < 1.29 is 0 Å². The molecule has 0 aromatic carbocycles. The molecule has 0 aliphatic carbocycles. The summed E-state index contributed by atoms with van der Waals surface area (Å²) in [5, 5.41) is 0. The van der Waals surface area contributed by atoms with E-state index in [4.69, 9.17) is 0 Å². The highest BCUT2D eigenvalue weighted by Crippen LogP contribution is 2.07. The fourth-order valence-electron chi connectivity index (χ4n) is 1.11. The third-order valence-corrected chi connectivity index (χ3v) is 1.65. The van der Waals surface area contributed by atoms with Crippen LogP contribution in [0.15, 0.2) is 0 Å². The van der Waals surface area contributed by atoms with E-state index in [0.29, 0.717) is 0 Å². The van der Waals surface area contributed by atoms with Crippen molar-refractivity contribution in [3.63, 3.8) is 0 Å². The predicted molar refractivity (Wildman–Crippen MR) is 39.8 cm³/mol. The molecule has 8 heavy (non-hydrogen) atoms. The molecule has 1 aliphatic heterocycles. The Morgan fingerprint density at radius 1 is 0.750 bits per heavy atom. The van der Waals surface area contributed by atoms with Crippen molar-refractivity contribution in [3.05, 3.63) is 0 Å². The fraction of sp³-hybridized carbons (Fsp3) is 1.00. The van der Waals surface area contributed by atoms with E-state index in [2.05, 4.69) is 14.6 Å². The van der Waals surface area contributed by atoms with Gasteiger partial charge in [0.25, 0.3) is 0 Å². The first-order chi connectivity index (χ1) is 4.00. The van der Waals surface area contributed by atoms with Gasteiger partial charge in [0.15, 0.2) is 0 Å². The van der Waals surface area contributed by atoms with Gasteiger partial charge < -0.3 is 0 Å². The van der Waals surface area contributed by atoms with E-state index in [1.54, 1.807) is 0 Å². The number of hydrogen-bond acceptors (Lipinski definition) is 0. The highest BCUT2D eigenvalue weighted by atomic mass is 13.9. The Bertz CT molecular complexity index is 30.5. The Morgan fingerprint density at radius 3 is 2.00 bits per heavy atom. The van der Waals surface area contributed by atoms with Gasteiger partial charge in [0.1, 0.15) is 14.6 Å². The summed E-state index contributed by atoms with van der Waals surface area (Å²) >= 11 is 0. The molecule has 0 N–H and O–H groups in total. The van der Waals surface area contributed by atoms with Crippen LogP contribution in [0, 0.1) is 0 Å². The molecular formula is C6H12B2. The van der Waals surface area contributed by atoms with Crippen molar-refractivity contribution in [1.82, 2.24) is 0 Å². The van der Waals surface area contributed by atoms with Gasteiger partial charge in [-0.05, 0) is 0 Å². The molecule has 2 radical (unpaired) electrons. The largest absolute Gasteiger partial charge is 0.107 e. The lowest BCUT2D eigenvalue weighted by Crippen LogP contribution is -2.00. The molecule has 1 saturated heterocycles. The summed E-state index contributed by atoms with van der Waals surface area (Å²) in [6, 6.07) is 0. The second-order valence-electron chi connectivity index (χ2n) is 2.45. The van der Waals surface area contributed by atoms with Crippen molar-refractivity contribution >= 4 is 14.6 Å². The molecule has 0 atom stereocenters. The average molecular weight is 106 g/mol. The van der Waals surface area contributed by atoms with E-state index in [1.165, 1.54) is 38.1 Å². The van der Waals surface area contributed by atoms with Gasteiger partial charge in [-0.1, -0.05) is 31.9 Å². The third-order valence-electron chi connectivity index (χ3n) is 1.65. The molecule has 0 spiro atoms. The van der Waals surface area contributed by atoms with Gasteiger partial charge in [-0.3, -0.25) is 0 Å². The minimum Gasteiger partial charge on any atom is -0.107 e. The minimum atomic E-state index is 1.25. The average Bonchev–Trinajstić information content (AvgIpc) is 1.62. The first kappa shape index (κ1) is 6.25. The summed E-state index contributed by atoms with van der Waals surface area (Å²) in [5.74, 6) is 0. The molecule has 0 saturated carbocycles. The second kappa shape index (κ2) is 4.05. The maximum atomic E-state index is 2.39. The zero-order chi connectivity index (χ0) is 5.66. The van der Waals surface area contributed by atoms with Crippen LogP contribution in [0.2, 0.25) is 18.9 Å². The van der Waals surface area contributed by atoms with Crippen LogP contribution in [0.3, 0.4) is 0 Å². The Hall–Kier alpha value is 0.130. The fourth-order valence-corrected chi connectivity index (χ4v) is 1.11. The summed E-state index contributed by atoms with van der Waals surface area (Å²) in [6.07, 6.45) is 8.22. The van der Waals surface area contributed by atoms with Crippen LogP contribution in [0.25, 0.3) is 0 Å².